The molecule has 2 aromatic rings. The van der Waals surface area contributed by atoms with Gasteiger partial charge in [-0.3, -0.25) is 24.6 Å². The van der Waals surface area contributed by atoms with Crippen molar-refractivity contribution in [3.05, 3.63) is 32.7 Å². The minimum absolute atomic E-state index is 0.0821. The van der Waals surface area contributed by atoms with Crippen LogP contribution in [0.25, 0.3) is 0 Å². The van der Waals surface area contributed by atoms with Gasteiger partial charge >= 0.3 is 5.97 Å². The second-order valence-corrected chi connectivity index (χ2v) is 9.27. The lowest BCUT2D eigenvalue weighted by Crippen LogP contribution is -2.40. The standard InChI is InChI=1S/C18H20F2N4O4S2/c1-9-11(17(28)22-18-21-5-14(20)30-18)4-13(29-9)12-3-10(19)6-24(12)15(25)7-23(2)8-16(26)27/h4-5,10,12H,3,6-8H2,1-2H3,(H,26,27)(H,21,22,28)/t10-,12+/m1/s1. The van der Waals surface area contributed by atoms with Gasteiger partial charge in [-0.05, 0) is 20.0 Å². The number of rotatable bonds is 7. The van der Waals surface area contributed by atoms with Gasteiger partial charge < -0.3 is 10.0 Å². The molecule has 0 aromatic carbocycles. The second kappa shape index (κ2) is 9.14. The minimum atomic E-state index is -1.21. The summed E-state index contributed by atoms with van der Waals surface area (Å²) >= 11 is 2.00. The van der Waals surface area contributed by atoms with E-state index in [1.165, 1.54) is 28.2 Å². The van der Waals surface area contributed by atoms with Gasteiger partial charge in [-0.1, -0.05) is 11.3 Å². The maximum atomic E-state index is 14.2. The van der Waals surface area contributed by atoms with Crippen LogP contribution in [0.15, 0.2) is 12.3 Å². The summed E-state index contributed by atoms with van der Waals surface area (Å²) in [4.78, 5) is 43.8. The molecule has 8 nitrogen and oxygen atoms in total. The zero-order chi connectivity index (χ0) is 22.0. The molecule has 3 rings (SSSR count). The molecule has 1 saturated heterocycles. The van der Waals surface area contributed by atoms with Crippen LogP contribution >= 0.6 is 22.7 Å². The number of likely N-dealkylation sites (tertiary alicyclic amines) is 1. The van der Waals surface area contributed by atoms with Gasteiger partial charge in [0.1, 0.15) is 6.17 Å². The minimum Gasteiger partial charge on any atom is -0.480 e. The number of alkyl halides is 1. The second-order valence-electron chi connectivity index (χ2n) is 7.00. The topological polar surface area (TPSA) is 103 Å². The Kier molecular flexibility index (Phi) is 6.78. The zero-order valence-corrected chi connectivity index (χ0v) is 17.9. The number of aromatic nitrogens is 1. The summed E-state index contributed by atoms with van der Waals surface area (Å²) in [6.07, 6.45) is -0.0916. The Morgan fingerprint density at radius 3 is 2.73 bits per heavy atom. The number of likely N-dealkylation sites (N-methyl/N-ethyl adjacent to an activating group) is 1. The van der Waals surface area contributed by atoms with Crippen molar-refractivity contribution in [1.29, 1.82) is 0 Å². The number of thiophene rings is 1. The Morgan fingerprint density at radius 2 is 2.10 bits per heavy atom. The number of amides is 2. The van der Waals surface area contributed by atoms with Crippen molar-refractivity contribution in [3.8, 4) is 0 Å². The maximum absolute atomic E-state index is 14.2. The van der Waals surface area contributed by atoms with Gasteiger partial charge in [0.25, 0.3) is 5.91 Å². The van der Waals surface area contributed by atoms with E-state index in [9.17, 15) is 23.2 Å². The molecule has 12 heteroatoms. The van der Waals surface area contributed by atoms with Crippen LogP contribution in [0.1, 0.15) is 32.6 Å². The summed E-state index contributed by atoms with van der Waals surface area (Å²) in [6, 6.07) is 1.08. The largest absolute Gasteiger partial charge is 0.480 e. The Balaban J connectivity index is 1.75. The molecule has 2 atom stereocenters. The first-order chi connectivity index (χ1) is 14.1. The highest BCUT2D eigenvalue weighted by Crippen LogP contribution is 2.38. The van der Waals surface area contributed by atoms with Crippen LogP contribution in [0.5, 0.6) is 0 Å². The molecular weight excluding hydrogens is 438 g/mol. The Labute approximate surface area is 179 Å². The molecular formula is C18H20F2N4O4S2. The Bertz CT molecular complexity index is 964. The highest BCUT2D eigenvalue weighted by Gasteiger charge is 2.38. The first-order valence-corrected chi connectivity index (χ1v) is 10.6. The molecule has 162 valence electrons. The normalized spacial score (nSPS) is 18.8. The lowest BCUT2D eigenvalue weighted by molar-refractivity contribution is -0.139. The van der Waals surface area contributed by atoms with E-state index in [4.69, 9.17) is 5.11 Å². The fourth-order valence-electron chi connectivity index (χ4n) is 3.31. The average Bonchev–Trinajstić information content (AvgIpc) is 3.32. The number of aliphatic carboxylic acids is 1. The third-order valence-electron chi connectivity index (χ3n) is 4.59. The van der Waals surface area contributed by atoms with Crippen LogP contribution in [-0.2, 0) is 9.59 Å². The molecule has 0 bridgehead atoms. The highest BCUT2D eigenvalue weighted by molar-refractivity contribution is 7.14. The molecule has 30 heavy (non-hydrogen) atoms. The van der Waals surface area contributed by atoms with Crippen molar-refractivity contribution in [2.75, 3.05) is 32.0 Å². The van der Waals surface area contributed by atoms with Crippen LogP contribution in [0.2, 0.25) is 0 Å². The number of nitrogens with zero attached hydrogens (tertiary/aromatic N) is 3. The lowest BCUT2D eigenvalue weighted by Gasteiger charge is -2.25. The molecule has 1 aliphatic rings. The van der Waals surface area contributed by atoms with Crippen molar-refractivity contribution in [2.45, 2.75) is 25.6 Å². The predicted octanol–water partition coefficient (Wildman–Crippen LogP) is 2.53. The Morgan fingerprint density at radius 1 is 1.37 bits per heavy atom. The number of carbonyl (C=O) groups is 3. The molecule has 0 aliphatic carbocycles. The van der Waals surface area contributed by atoms with Gasteiger partial charge in [-0.15, -0.1) is 11.3 Å². The summed E-state index contributed by atoms with van der Waals surface area (Å²) < 4.78 is 27.2. The summed E-state index contributed by atoms with van der Waals surface area (Å²) in [5.74, 6) is -1.89. The number of hydrogen-bond acceptors (Lipinski definition) is 7. The molecule has 0 unspecified atom stereocenters. The summed E-state index contributed by atoms with van der Waals surface area (Å²) in [5, 5.41) is 11.0. The van der Waals surface area contributed by atoms with Gasteiger partial charge in [-0.2, -0.15) is 4.39 Å². The van der Waals surface area contributed by atoms with E-state index < -0.39 is 29.2 Å². The van der Waals surface area contributed by atoms with Crippen molar-refractivity contribution in [3.63, 3.8) is 0 Å². The SMILES string of the molecule is Cc1sc([C@@H]2C[C@@H](F)CN2C(=O)CN(C)CC(=O)O)cc1C(=O)Nc1ncc(F)s1. The van der Waals surface area contributed by atoms with Crippen molar-refractivity contribution < 1.29 is 28.3 Å². The molecule has 0 saturated carbocycles. The lowest BCUT2D eigenvalue weighted by atomic mass is 10.1. The van der Waals surface area contributed by atoms with E-state index in [0.717, 1.165) is 6.20 Å². The van der Waals surface area contributed by atoms with E-state index in [0.29, 0.717) is 26.7 Å². The first-order valence-electron chi connectivity index (χ1n) is 9.01. The van der Waals surface area contributed by atoms with Crippen molar-refractivity contribution in [2.24, 2.45) is 0 Å². The van der Waals surface area contributed by atoms with E-state index in [-0.39, 0.29) is 37.1 Å². The third kappa shape index (κ3) is 5.18. The highest BCUT2D eigenvalue weighted by atomic mass is 32.1. The molecule has 2 N–H and O–H groups in total. The van der Waals surface area contributed by atoms with Gasteiger partial charge in [0.2, 0.25) is 5.91 Å². The number of carbonyl (C=O) groups excluding carboxylic acids is 2. The average molecular weight is 459 g/mol. The van der Waals surface area contributed by atoms with Gasteiger partial charge in [-0.25, -0.2) is 9.37 Å². The molecule has 3 heterocycles. The van der Waals surface area contributed by atoms with Gasteiger partial charge in [0, 0.05) is 16.2 Å². The summed E-state index contributed by atoms with van der Waals surface area (Å²) in [6.45, 7) is 1.20. The first kappa shape index (κ1) is 22.2. The quantitative estimate of drug-likeness (QED) is 0.661. The molecule has 2 amide bonds. The predicted molar refractivity (Wildman–Crippen MR) is 108 cm³/mol. The van der Waals surface area contributed by atoms with Gasteiger partial charge in [0.15, 0.2) is 10.3 Å². The fourth-order valence-corrected chi connectivity index (χ4v) is 5.00. The van der Waals surface area contributed by atoms with Crippen LogP contribution in [0, 0.1) is 12.1 Å². The van der Waals surface area contributed by atoms with E-state index in [1.807, 2.05) is 0 Å². The van der Waals surface area contributed by atoms with Gasteiger partial charge in [0.05, 0.1) is 37.4 Å². The molecule has 1 aliphatic heterocycles. The summed E-state index contributed by atoms with van der Waals surface area (Å²) in [7, 11) is 1.50. The number of aryl methyl sites for hydroxylation is 1. The van der Waals surface area contributed by atoms with Crippen LogP contribution in [-0.4, -0.2) is 70.5 Å². The fraction of sp³-hybridized carbons (Fsp3) is 0.444. The van der Waals surface area contributed by atoms with E-state index >= 15 is 0 Å². The molecule has 0 radical (unpaired) electrons. The number of carboxylic acid groups (broad SMARTS) is 1. The molecule has 0 spiro atoms. The smallest absolute Gasteiger partial charge is 0.317 e. The van der Waals surface area contributed by atoms with Crippen molar-refractivity contribution in [1.82, 2.24) is 14.8 Å². The zero-order valence-electron chi connectivity index (χ0n) is 16.2. The number of carboxylic acids is 1. The monoisotopic (exact) mass is 458 g/mol. The maximum Gasteiger partial charge on any atom is 0.317 e. The van der Waals surface area contributed by atoms with Crippen LogP contribution < -0.4 is 5.32 Å². The number of thiazole rings is 1. The summed E-state index contributed by atoms with van der Waals surface area (Å²) in [5.41, 5.74) is 0.350. The number of nitrogens with one attached hydrogen (secondary N) is 1. The number of halogens is 2. The number of hydrogen-bond donors (Lipinski definition) is 2. The molecule has 2 aromatic heterocycles. The Hall–Kier alpha value is -2.44. The van der Waals surface area contributed by atoms with Crippen LogP contribution in [0.4, 0.5) is 13.9 Å². The van der Waals surface area contributed by atoms with E-state index in [2.05, 4.69) is 10.3 Å². The molecule has 1 fully saturated rings. The van der Waals surface area contributed by atoms with Crippen molar-refractivity contribution >= 4 is 45.6 Å². The third-order valence-corrected chi connectivity index (χ3v) is 6.44. The number of anilines is 1. The van der Waals surface area contributed by atoms with E-state index in [1.54, 1.807) is 13.0 Å². The van der Waals surface area contributed by atoms with Crippen LogP contribution in [0.3, 0.4) is 0 Å².